The van der Waals surface area contributed by atoms with Gasteiger partial charge in [0.1, 0.15) is 5.78 Å². The van der Waals surface area contributed by atoms with Gasteiger partial charge in [-0.2, -0.15) is 0 Å². The molecular weight excluding hydrogens is 334 g/mol. The van der Waals surface area contributed by atoms with Gasteiger partial charge in [0.2, 0.25) is 5.91 Å². The summed E-state index contributed by atoms with van der Waals surface area (Å²) in [6.07, 6.45) is 7.24. The molecule has 1 heterocycles. The van der Waals surface area contributed by atoms with Crippen molar-refractivity contribution in [2.24, 2.45) is 5.92 Å². The molecule has 1 aliphatic carbocycles. The van der Waals surface area contributed by atoms with Crippen LogP contribution in [0.15, 0.2) is 12.1 Å². The molecule has 0 unspecified atom stereocenters. The van der Waals surface area contributed by atoms with Gasteiger partial charge in [0.25, 0.3) is 0 Å². The number of thiophene rings is 1. The van der Waals surface area contributed by atoms with Gasteiger partial charge in [-0.15, -0.1) is 11.3 Å². The molecular formula is C20H29NO3S. The van der Waals surface area contributed by atoms with E-state index in [1.165, 1.54) is 43.4 Å². The van der Waals surface area contributed by atoms with Crippen LogP contribution in [-0.4, -0.2) is 36.0 Å². The number of carbonyl (C=O) groups excluding carboxylic acids is 3. The van der Waals surface area contributed by atoms with Crippen molar-refractivity contribution in [3.05, 3.63) is 21.9 Å². The van der Waals surface area contributed by atoms with Crippen molar-refractivity contribution in [3.63, 3.8) is 0 Å². The molecule has 4 nitrogen and oxygen atoms in total. The van der Waals surface area contributed by atoms with Crippen molar-refractivity contribution in [1.82, 2.24) is 4.90 Å². The highest BCUT2D eigenvalue weighted by atomic mass is 32.1. The average Bonchev–Trinajstić information content (AvgIpc) is 3.04. The average molecular weight is 364 g/mol. The monoisotopic (exact) mass is 363 g/mol. The Hall–Kier alpha value is -1.49. The first-order valence-corrected chi connectivity index (χ1v) is 10.1. The van der Waals surface area contributed by atoms with Crippen molar-refractivity contribution in [3.8, 4) is 0 Å². The van der Waals surface area contributed by atoms with Gasteiger partial charge in [-0.1, -0.05) is 19.3 Å². The fourth-order valence-electron chi connectivity index (χ4n) is 3.38. The smallest absolute Gasteiger partial charge is 0.222 e. The summed E-state index contributed by atoms with van der Waals surface area (Å²) in [5.41, 5.74) is 0. The quantitative estimate of drug-likeness (QED) is 0.611. The number of amides is 1. The van der Waals surface area contributed by atoms with Gasteiger partial charge < -0.3 is 4.90 Å². The molecule has 0 bridgehead atoms. The van der Waals surface area contributed by atoms with Gasteiger partial charge in [0, 0.05) is 44.2 Å². The molecule has 1 aromatic heterocycles. The molecule has 5 heteroatoms. The van der Waals surface area contributed by atoms with Crippen molar-refractivity contribution in [2.75, 3.05) is 13.6 Å². The molecule has 1 aliphatic rings. The zero-order valence-electron chi connectivity index (χ0n) is 15.4. The summed E-state index contributed by atoms with van der Waals surface area (Å²) < 4.78 is 0. The van der Waals surface area contributed by atoms with Crippen LogP contribution in [0.25, 0.3) is 0 Å². The summed E-state index contributed by atoms with van der Waals surface area (Å²) in [5.74, 6) is 0.678. The van der Waals surface area contributed by atoms with Crippen LogP contribution in [0.1, 0.15) is 72.3 Å². The summed E-state index contributed by atoms with van der Waals surface area (Å²) in [7, 11) is 1.84. The molecule has 2 rings (SSSR count). The Morgan fingerprint density at radius 3 is 2.36 bits per heavy atom. The van der Waals surface area contributed by atoms with Crippen molar-refractivity contribution < 1.29 is 14.4 Å². The Morgan fingerprint density at radius 1 is 1.04 bits per heavy atom. The van der Waals surface area contributed by atoms with Crippen LogP contribution in [0.4, 0.5) is 0 Å². The first-order chi connectivity index (χ1) is 12.0. The molecule has 0 N–H and O–H groups in total. The lowest BCUT2D eigenvalue weighted by Crippen LogP contribution is -2.32. The molecule has 0 atom stereocenters. The number of ketones is 2. The van der Waals surface area contributed by atoms with E-state index in [0.29, 0.717) is 10.8 Å². The van der Waals surface area contributed by atoms with Gasteiger partial charge >= 0.3 is 0 Å². The van der Waals surface area contributed by atoms with E-state index in [4.69, 9.17) is 0 Å². The maximum atomic E-state index is 12.2. The Balaban J connectivity index is 1.64. The predicted octanol–water partition coefficient (Wildman–Crippen LogP) is 4.41. The molecule has 1 saturated carbocycles. The number of hydrogen-bond donors (Lipinski definition) is 0. The summed E-state index contributed by atoms with van der Waals surface area (Å²) >= 11 is 1.46. The minimum Gasteiger partial charge on any atom is -0.345 e. The second-order valence-electron chi connectivity index (χ2n) is 7.15. The van der Waals surface area contributed by atoms with Crippen LogP contribution in [0.3, 0.4) is 0 Å². The normalized spacial score (nSPS) is 15.1. The van der Waals surface area contributed by atoms with Crippen LogP contribution in [0.5, 0.6) is 0 Å². The Labute approximate surface area is 154 Å². The highest BCUT2D eigenvalue weighted by molar-refractivity contribution is 7.14. The summed E-state index contributed by atoms with van der Waals surface area (Å²) in [6, 6.07) is 3.73. The Kier molecular flexibility index (Phi) is 7.82. The minimum absolute atomic E-state index is 0.000967. The fraction of sp³-hybridized carbons (Fsp3) is 0.650. The number of Topliss-reactive ketones (excluding diaryl/α,β-unsaturated/α-hetero) is 2. The van der Waals surface area contributed by atoms with E-state index in [9.17, 15) is 14.4 Å². The van der Waals surface area contributed by atoms with Gasteiger partial charge in [0.15, 0.2) is 5.78 Å². The highest BCUT2D eigenvalue weighted by Gasteiger charge is 2.19. The van der Waals surface area contributed by atoms with Gasteiger partial charge in [-0.3, -0.25) is 14.4 Å². The van der Waals surface area contributed by atoms with E-state index in [1.54, 1.807) is 4.90 Å². The zero-order chi connectivity index (χ0) is 18.2. The molecule has 0 aliphatic heterocycles. The molecule has 1 aromatic rings. The molecule has 138 valence electrons. The maximum absolute atomic E-state index is 12.2. The van der Waals surface area contributed by atoms with Gasteiger partial charge in [-0.25, -0.2) is 0 Å². The number of carbonyl (C=O) groups is 3. The molecule has 0 radical (unpaired) electrons. The molecule has 1 amide bonds. The topological polar surface area (TPSA) is 54.5 Å². The summed E-state index contributed by atoms with van der Waals surface area (Å²) in [5, 5.41) is 0. The van der Waals surface area contributed by atoms with E-state index >= 15 is 0 Å². The van der Waals surface area contributed by atoms with Crippen molar-refractivity contribution in [2.45, 2.75) is 64.7 Å². The second-order valence-corrected chi connectivity index (χ2v) is 8.44. The first-order valence-electron chi connectivity index (χ1n) is 9.31. The highest BCUT2D eigenvalue weighted by Crippen LogP contribution is 2.24. The molecule has 0 saturated heterocycles. The number of rotatable bonds is 9. The molecule has 0 aromatic carbocycles. The van der Waals surface area contributed by atoms with E-state index in [0.717, 1.165) is 11.4 Å². The summed E-state index contributed by atoms with van der Waals surface area (Å²) in [6.45, 7) is 2.77. The van der Waals surface area contributed by atoms with Gasteiger partial charge in [0.05, 0.1) is 4.88 Å². The lowest BCUT2D eigenvalue weighted by atomic mass is 9.89. The zero-order valence-corrected chi connectivity index (χ0v) is 16.2. The Morgan fingerprint density at radius 2 is 1.72 bits per heavy atom. The van der Waals surface area contributed by atoms with Crippen molar-refractivity contribution in [1.29, 1.82) is 0 Å². The molecule has 0 spiro atoms. The van der Waals surface area contributed by atoms with Crippen LogP contribution >= 0.6 is 11.3 Å². The predicted molar refractivity (Wildman–Crippen MR) is 101 cm³/mol. The largest absolute Gasteiger partial charge is 0.345 e. The van der Waals surface area contributed by atoms with Crippen LogP contribution < -0.4 is 0 Å². The number of nitrogens with zero attached hydrogens (tertiary/aromatic N) is 1. The lowest BCUT2D eigenvalue weighted by Gasteiger charge is -2.27. The summed E-state index contributed by atoms with van der Waals surface area (Å²) in [4.78, 5) is 39.8. The van der Waals surface area contributed by atoms with Crippen LogP contribution in [-0.2, 0) is 9.59 Å². The van der Waals surface area contributed by atoms with E-state index in [-0.39, 0.29) is 43.2 Å². The number of aryl methyl sites for hydroxylation is 1. The van der Waals surface area contributed by atoms with Crippen molar-refractivity contribution >= 4 is 28.8 Å². The third-order valence-corrected chi connectivity index (χ3v) is 5.99. The SMILES string of the molecule is Cc1ccc(C(=O)CCC(=O)CCC(=O)N(C)CC2CCCCC2)s1. The first kappa shape index (κ1) is 19.8. The third kappa shape index (κ3) is 6.73. The minimum atomic E-state index is 0.000967. The van der Waals surface area contributed by atoms with Gasteiger partial charge in [-0.05, 0) is 37.8 Å². The maximum Gasteiger partial charge on any atom is 0.222 e. The Bertz CT molecular complexity index is 602. The number of hydrogen-bond acceptors (Lipinski definition) is 4. The lowest BCUT2D eigenvalue weighted by molar-refractivity contribution is -0.132. The van der Waals surface area contributed by atoms with Crippen LogP contribution in [0.2, 0.25) is 0 Å². The van der Waals surface area contributed by atoms with E-state index < -0.39 is 0 Å². The van der Waals surface area contributed by atoms with E-state index in [2.05, 4.69) is 0 Å². The standard InChI is InChI=1S/C20H29NO3S/c1-15-8-12-19(25-15)18(23)11-9-17(22)10-13-20(24)21(2)14-16-6-4-3-5-7-16/h8,12,16H,3-7,9-11,13-14H2,1-2H3. The van der Waals surface area contributed by atoms with Crippen LogP contribution in [0, 0.1) is 12.8 Å². The molecule has 25 heavy (non-hydrogen) atoms. The molecule has 1 fully saturated rings. The van der Waals surface area contributed by atoms with E-state index in [1.807, 2.05) is 26.1 Å². The third-order valence-electron chi connectivity index (χ3n) is 4.95. The second kappa shape index (κ2) is 9.85. The fourth-order valence-corrected chi connectivity index (χ4v) is 4.22.